The Morgan fingerprint density at radius 3 is 3.11 bits per heavy atom. The molecule has 18 heavy (non-hydrogen) atoms. The number of rotatable bonds is 4. The Morgan fingerprint density at radius 1 is 1.44 bits per heavy atom. The van der Waals surface area contributed by atoms with Gasteiger partial charge in [0, 0.05) is 15.5 Å². The van der Waals surface area contributed by atoms with E-state index in [9.17, 15) is 0 Å². The summed E-state index contributed by atoms with van der Waals surface area (Å²) >= 11 is 5.86. The maximum Gasteiger partial charge on any atom is 0.0679 e. The van der Waals surface area contributed by atoms with Crippen LogP contribution in [0, 0.1) is 0 Å². The molecule has 3 heterocycles. The second-order valence-corrected chi connectivity index (χ2v) is 7.50. The Kier molecular flexibility index (Phi) is 4.09. The molecule has 0 spiro atoms. The van der Waals surface area contributed by atoms with Crippen LogP contribution in [0.2, 0.25) is 0 Å². The molecule has 0 fully saturated rings. The molecule has 2 aromatic heterocycles. The Morgan fingerprint density at radius 2 is 2.39 bits per heavy atom. The molecule has 3 rings (SSSR count). The van der Waals surface area contributed by atoms with E-state index < -0.39 is 0 Å². The van der Waals surface area contributed by atoms with Crippen molar-refractivity contribution < 1.29 is 0 Å². The lowest BCUT2D eigenvalue weighted by Gasteiger charge is -2.14. The summed E-state index contributed by atoms with van der Waals surface area (Å²) in [6.07, 6.45) is 1.26. The van der Waals surface area contributed by atoms with Crippen molar-refractivity contribution in [3.05, 3.63) is 43.8 Å². The van der Waals surface area contributed by atoms with Crippen LogP contribution in [-0.2, 0) is 12.2 Å². The zero-order valence-corrected chi connectivity index (χ0v) is 12.9. The number of hydrogen-bond acceptors (Lipinski definition) is 4. The zero-order chi connectivity index (χ0) is 12.4. The van der Waals surface area contributed by atoms with Gasteiger partial charge in [0.25, 0.3) is 0 Å². The maximum absolute atomic E-state index is 3.62. The van der Waals surface area contributed by atoms with Crippen molar-refractivity contribution in [1.82, 2.24) is 5.32 Å². The van der Waals surface area contributed by atoms with Gasteiger partial charge in [-0.2, -0.15) is 23.1 Å². The van der Waals surface area contributed by atoms with Crippen molar-refractivity contribution in [2.75, 3.05) is 12.3 Å². The lowest BCUT2D eigenvalue weighted by Crippen LogP contribution is -2.20. The molecular formula is C14H17NS3. The summed E-state index contributed by atoms with van der Waals surface area (Å²) in [6.45, 7) is 3.20. The minimum absolute atomic E-state index is 0.391. The third kappa shape index (κ3) is 2.52. The lowest BCUT2D eigenvalue weighted by atomic mass is 10.1. The molecule has 1 atom stereocenters. The summed E-state index contributed by atoms with van der Waals surface area (Å²) in [6, 6.07) is 5.06. The van der Waals surface area contributed by atoms with Crippen molar-refractivity contribution in [1.29, 1.82) is 0 Å². The van der Waals surface area contributed by atoms with Crippen LogP contribution in [0.5, 0.6) is 0 Å². The average Bonchev–Trinajstić information content (AvgIpc) is 3.04. The number of thioether (sulfide) groups is 1. The molecule has 0 radical (unpaired) electrons. The van der Waals surface area contributed by atoms with E-state index in [4.69, 9.17) is 0 Å². The van der Waals surface area contributed by atoms with Gasteiger partial charge in [-0.05, 0) is 52.7 Å². The van der Waals surface area contributed by atoms with Gasteiger partial charge in [-0.1, -0.05) is 6.92 Å². The SMILES string of the molecule is CCNC(c1ccsc1)c1cc2c(s1)CCSC2. The molecule has 0 saturated heterocycles. The first kappa shape index (κ1) is 12.7. The van der Waals surface area contributed by atoms with Crippen molar-refractivity contribution in [3.63, 3.8) is 0 Å². The highest BCUT2D eigenvalue weighted by molar-refractivity contribution is 7.98. The summed E-state index contributed by atoms with van der Waals surface area (Å²) < 4.78 is 0. The van der Waals surface area contributed by atoms with Gasteiger partial charge >= 0.3 is 0 Å². The van der Waals surface area contributed by atoms with E-state index in [0.29, 0.717) is 6.04 Å². The largest absolute Gasteiger partial charge is 0.306 e. The van der Waals surface area contributed by atoms with Crippen LogP contribution in [0.3, 0.4) is 0 Å². The van der Waals surface area contributed by atoms with E-state index in [2.05, 4.69) is 46.9 Å². The topological polar surface area (TPSA) is 12.0 Å². The summed E-state index contributed by atoms with van der Waals surface area (Å²) in [4.78, 5) is 3.10. The smallest absolute Gasteiger partial charge is 0.0679 e. The molecule has 0 bridgehead atoms. The molecule has 2 aromatic rings. The van der Waals surface area contributed by atoms with E-state index in [0.717, 1.165) is 6.54 Å². The molecule has 4 heteroatoms. The number of aryl methyl sites for hydroxylation is 1. The third-order valence-corrected chi connectivity index (χ3v) is 6.23. The van der Waals surface area contributed by atoms with Gasteiger partial charge in [0.1, 0.15) is 0 Å². The normalized spacial score (nSPS) is 16.5. The van der Waals surface area contributed by atoms with Gasteiger partial charge in [-0.25, -0.2) is 0 Å². The van der Waals surface area contributed by atoms with Gasteiger partial charge in [0.2, 0.25) is 0 Å². The van der Waals surface area contributed by atoms with Crippen LogP contribution in [0.25, 0.3) is 0 Å². The van der Waals surface area contributed by atoms with Crippen LogP contribution in [0.1, 0.15) is 33.8 Å². The molecule has 1 aliphatic heterocycles. The lowest BCUT2D eigenvalue weighted by molar-refractivity contribution is 0.641. The fourth-order valence-electron chi connectivity index (χ4n) is 2.34. The standard InChI is InChI=1S/C14H17NS3/c1-2-15-14(10-3-5-16-8-10)13-7-11-9-17-6-4-12(11)18-13/h3,5,7-8,14-15H,2,4,6,9H2,1H3. The van der Waals surface area contributed by atoms with Crippen LogP contribution in [0.4, 0.5) is 0 Å². The first-order chi connectivity index (χ1) is 8.88. The van der Waals surface area contributed by atoms with Crippen molar-refractivity contribution in [3.8, 4) is 0 Å². The second kappa shape index (κ2) is 5.78. The van der Waals surface area contributed by atoms with Gasteiger partial charge in [0.15, 0.2) is 0 Å². The van der Waals surface area contributed by atoms with Crippen molar-refractivity contribution in [2.24, 2.45) is 0 Å². The summed E-state index contributed by atoms with van der Waals surface area (Å²) in [5.74, 6) is 2.49. The summed E-state index contributed by atoms with van der Waals surface area (Å²) in [5.41, 5.74) is 2.98. The predicted molar refractivity (Wildman–Crippen MR) is 84.0 cm³/mol. The second-order valence-electron chi connectivity index (χ2n) is 4.45. The van der Waals surface area contributed by atoms with Crippen molar-refractivity contribution >= 4 is 34.4 Å². The summed E-state index contributed by atoms with van der Waals surface area (Å²) in [7, 11) is 0. The highest BCUT2D eigenvalue weighted by Crippen LogP contribution is 2.36. The predicted octanol–water partition coefficient (Wildman–Crippen LogP) is 4.30. The molecule has 1 nitrogen and oxygen atoms in total. The first-order valence-electron chi connectivity index (χ1n) is 6.33. The number of hydrogen-bond donors (Lipinski definition) is 1. The van der Waals surface area contributed by atoms with E-state index in [1.165, 1.54) is 28.4 Å². The highest BCUT2D eigenvalue weighted by Gasteiger charge is 2.20. The van der Waals surface area contributed by atoms with E-state index in [1.807, 2.05) is 11.3 Å². The molecular weight excluding hydrogens is 278 g/mol. The number of nitrogens with one attached hydrogen (secondary N) is 1. The molecule has 1 unspecified atom stereocenters. The van der Waals surface area contributed by atoms with Crippen LogP contribution < -0.4 is 5.32 Å². The monoisotopic (exact) mass is 295 g/mol. The highest BCUT2D eigenvalue weighted by atomic mass is 32.2. The molecule has 96 valence electrons. The van der Waals surface area contributed by atoms with Crippen LogP contribution in [0.15, 0.2) is 22.9 Å². The minimum Gasteiger partial charge on any atom is -0.306 e. The zero-order valence-electron chi connectivity index (χ0n) is 10.4. The third-order valence-electron chi connectivity index (χ3n) is 3.22. The Hall–Kier alpha value is -0.290. The molecule has 0 aromatic carbocycles. The number of fused-ring (bicyclic) bond motifs is 1. The number of thiophene rings is 2. The molecule has 0 aliphatic carbocycles. The Balaban J connectivity index is 1.92. The maximum atomic E-state index is 3.62. The van der Waals surface area contributed by atoms with Crippen LogP contribution in [-0.4, -0.2) is 12.3 Å². The van der Waals surface area contributed by atoms with Gasteiger partial charge in [-0.15, -0.1) is 11.3 Å². The van der Waals surface area contributed by atoms with Crippen LogP contribution >= 0.6 is 34.4 Å². The minimum atomic E-state index is 0.391. The molecule has 1 N–H and O–H groups in total. The van der Waals surface area contributed by atoms with Gasteiger partial charge < -0.3 is 5.32 Å². The van der Waals surface area contributed by atoms with Gasteiger partial charge in [0.05, 0.1) is 6.04 Å². The molecule has 1 aliphatic rings. The Labute approximate surface area is 121 Å². The fraction of sp³-hybridized carbons (Fsp3) is 0.429. The Bertz CT molecular complexity index is 478. The summed E-state index contributed by atoms with van der Waals surface area (Å²) in [5, 5.41) is 8.06. The van der Waals surface area contributed by atoms with E-state index in [1.54, 1.807) is 21.8 Å². The first-order valence-corrected chi connectivity index (χ1v) is 9.24. The quantitative estimate of drug-likeness (QED) is 0.902. The average molecular weight is 295 g/mol. The molecule has 0 amide bonds. The molecule has 0 saturated carbocycles. The van der Waals surface area contributed by atoms with E-state index in [-0.39, 0.29) is 0 Å². The van der Waals surface area contributed by atoms with Gasteiger partial charge in [-0.3, -0.25) is 0 Å². The van der Waals surface area contributed by atoms with E-state index >= 15 is 0 Å². The fourth-order valence-corrected chi connectivity index (χ4v) is 5.50. The van der Waals surface area contributed by atoms with Crippen molar-refractivity contribution in [2.45, 2.75) is 25.1 Å².